The van der Waals surface area contributed by atoms with E-state index in [1.807, 2.05) is 6.92 Å². The number of rotatable bonds is 9. The fourth-order valence-corrected chi connectivity index (χ4v) is 2.40. The van der Waals surface area contributed by atoms with E-state index in [9.17, 15) is 4.39 Å². The first-order chi connectivity index (χ1) is 9.63. The molecule has 1 aromatic carbocycles. The molecule has 0 saturated carbocycles. The fourth-order valence-electron chi connectivity index (χ4n) is 2.40. The van der Waals surface area contributed by atoms with Crippen LogP contribution in [0.25, 0.3) is 0 Å². The van der Waals surface area contributed by atoms with Crippen LogP contribution in [0.5, 0.6) is 5.75 Å². The van der Waals surface area contributed by atoms with Gasteiger partial charge < -0.3 is 15.0 Å². The molecule has 0 spiro atoms. The summed E-state index contributed by atoms with van der Waals surface area (Å²) in [6, 6.07) is 4.88. The normalized spacial score (nSPS) is 12.7. The van der Waals surface area contributed by atoms with Gasteiger partial charge in [-0.25, -0.2) is 4.39 Å². The molecule has 0 saturated heterocycles. The summed E-state index contributed by atoms with van der Waals surface area (Å²) in [4.78, 5) is 2.39. The third-order valence-electron chi connectivity index (χ3n) is 3.53. The van der Waals surface area contributed by atoms with Crippen LogP contribution < -0.4 is 10.1 Å². The van der Waals surface area contributed by atoms with Gasteiger partial charge in [0.1, 0.15) is 11.6 Å². The van der Waals surface area contributed by atoms with Crippen LogP contribution in [0, 0.1) is 5.82 Å². The zero-order valence-electron chi connectivity index (χ0n) is 13.1. The number of methoxy groups -OCH3 is 1. The van der Waals surface area contributed by atoms with Crippen LogP contribution in [-0.4, -0.2) is 38.2 Å². The van der Waals surface area contributed by atoms with Crippen molar-refractivity contribution in [2.75, 3.05) is 33.3 Å². The predicted molar refractivity (Wildman–Crippen MR) is 81.8 cm³/mol. The molecule has 0 heterocycles. The number of ether oxygens (including phenoxy) is 1. The first kappa shape index (κ1) is 16.9. The molecule has 3 nitrogen and oxygen atoms in total. The molecule has 1 unspecified atom stereocenters. The Kier molecular flexibility index (Phi) is 7.55. The molecule has 114 valence electrons. The Hall–Kier alpha value is -1.13. The minimum atomic E-state index is -0.217. The van der Waals surface area contributed by atoms with E-state index in [2.05, 4.69) is 24.1 Å². The number of nitrogens with zero attached hydrogens (tertiary/aromatic N) is 1. The molecule has 0 amide bonds. The van der Waals surface area contributed by atoms with Gasteiger partial charge in [-0.05, 0) is 38.6 Å². The van der Waals surface area contributed by atoms with Gasteiger partial charge in [0.2, 0.25) is 0 Å². The van der Waals surface area contributed by atoms with Crippen LogP contribution in [0.4, 0.5) is 4.39 Å². The number of hydrogen-bond acceptors (Lipinski definition) is 3. The van der Waals surface area contributed by atoms with Gasteiger partial charge in [-0.2, -0.15) is 0 Å². The Morgan fingerprint density at radius 1 is 1.30 bits per heavy atom. The van der Waals surface area contributed by atoms with Gasteiger partial charge in [0, 0.05) is 24.7 Å². The maximum Gasteiger partial charge on any atom is 0.131 e. The van der Waals surface area contributed by atoms with Crippen molar-refractivity contribution in [3.8, 4) is 5.75 Å². The zero-order valence-corrected chi connectivity index (χ0v) is 13.1. The summed E-state index contributed by atoms with van der Waals surface area (Å²) in [5.74, 6) is 0.385. The van der Waals surface area contributed by atoms with Crippen molar-refractivity contribution in [1.82, 2.24) is 10.2 Å². The SMILES string of the molecule is CCCN(CC)CCNC(C)c1c(F)cccc1OC. The lowest BCUT2D eigenvalue weighted by atomic mass is 10.1. The standard InChI is InChI=1S/C16H27FN2O/c1-5-11-19(6-2)12-10-18-13(3)16-14(17)8-7-9-15(16)20-4/h7-9,13,18H,5-6,10-12H2,1-4H3. The Bertz CT molecular complexity index is 398. The number of likely N-dealkylation sites (N-methyl/N-ethyl adjacent to an activating group) is 1. The lowest BCUT2D eigenvalue weighted by Gasteiger charge is -2.22. The lowest BCUT2D eigenvalue weighted by Crippen LogP contribution is -2.33. The third-order valence-corrected chi connectivity index (χ3v) is 3.53. The molecule has 0 aliphatic carbocycles. The van der Waals surface area contributed by atoms with Crippen molar-refractivity contribution in [1.29, 1.82) is 0 Å². The molecule has 0 radical (unpaired) electrons. The predicted octanol–water partition coefficient (Wildman–Crippen LogP) is 3.22. The molecule has 1 atom stereocenters. The molecule has 1 aromatic rings. The summed E-state index contributed by atoms with van der Waals surface area (Å²) < 4.78 is 19.2. The second-order valence-corrected chi connectivity index (χ2v) is 4.97. The molecule has 1 N–H and O–H groups in total. The number of nitrogens with one attached hydrogen (secondary N) is 1. The molecule has 4 heteroatoms. The largest absolute Gasteiger partial charge is 0.496 e. The first-order valence-electron chi connectivity index (χ1n) is 7.42. The zero-order chi connectivity index (χ0) is 15.0. The van der Waals surface area contributed by atoms with Crippen LogP contribution in [0.2, 0.25) is 0 Å². The highest BCUT2D eigenvalue weighted by molar-refractivity contribution is 5.36. The number of halogens is 1. The van der Waals surface area contributed by atoms with Gasteiger partial charge in [0.25, 0.3) is 0 Å². The molecular formula is C16H27FN2O. The van der Waals surface area contributed by atoms with Gasteiger partial charge in [0.15, 0.2) is 0 Å². The molecular weight excluding hydrogens is 255 g/mol. The van der Waals surface area contributed by atoms with E-state index in [0.29, 0.717) is 11.3 Å². The Labute approximate surface area is 122 Å². The lowest BCUT2D eigenvalue weighted by molar-refractivity contribution is 0.282. The van der Waals surface area contributed by atoms with Crippen LogP contribution in [0.1, 0.15) is 38.8 Å². The number of benzene rings is 1. The Morgan fingerprint density at radius 3 is 2.65 bits per heavy atom. The molecule has 1 rings (SSSR count). The second kappa shape index (κ2) is 8.93. The van der Waals surface area contributed by atoms with Gasteiger partial charge in [0.05, 0.1) is 7.11 Å². The molecule has 0 fully saturated rings. The van der Waals surface area contributed by atoms with Crippen LogP contribution in [0.3, 0.4) is 0 Å². The van der Waals surface area contributed by atoms with E-state index >= 15 is 0 Å². The summed E-state index contributed by atoms with van der Waals surface area (Å²) in [6.07, 6.45) is 1.16. The van der Waals surface area contributed by atoms with Crippen molar-refractivity contribution in [2.45, 2.75) is 33.2 Å². The van der Waals surface area contributed by atoms with E-state index in [4.69, 9.17) is 4.74 Å². The van der Waals surface area contributed by atoms with Crippen molar-refractivity contribution in [3.05, 3.63) is 29.6 Å². The third kappa shape index (κ3) is 4.76. The fraction of sp³-hybridized carbons (Fsp3) is 0.625. The molecule has 0 aromatic heterocycles. The average Bonchev–Trinajstić information content (AvgIpc) is 2.45. The van der Waals surface area contributed by atoms with Crippen molar-refractivity contribution >= 4 is 0 Å². The molecule has 0 aliphatic heterocycles. The van der Waals surface area contributed by atoms with E-state index < -0.39 is 0 Å². The summed E-state index contributed by atoms with van der Waals surface area (Å²) in [6.45, 7) is 10.3. The maximum absolute atomic E-state index is 13.9. The molecule has 0 aliphatic rings. The summed E-state index contributed by atoms with van der Waals surface area (Å²) in [7, 11) is 1.57. The first-order valence-corrected chi connectivity index (χ1v) is 7.42. The summed E-state index contributed by atoms with van der Waals surface area (Å²) in [5, 5.41) is 3.38. The smallest absolute Gasteiger partial charge is 0.131 e. The topological polar surface area (TPSA) is 24.5 Å². The van der Waals surface area contributed by atoms with Gasteiger partial charge in [-0.1, -0.05) is 19.9 Å². The van der Waals surface area contributed by atoms with Crippen molar-refractivity contribution < 1.29 is 9.13 Å². The summed E-state index contributed by atoms with van der Waals surface area (Å²) in [5.41, 5.74) is 0.605. The monoisotopic (exact) mass is 282 g/mol. The number of hydrogen-bond donors (Lipinski definition) is 1. The quantitative estimate of drug-likeness (QED) is 0.752. The van der Waals surface area contributed by atoms with Crippen molar-refractivity contribution in [3.63, 3.8) is 0 Å². The van der Waals surface area contributed by atoms with Crippen LogP contribution >= 0.6 is 0 Å². The maximum atomic E-state index is 13.9. The summed E-state index contributed by atoms with van der Waals surface area (Å²) >= 11 is 0. The van der Waals surface area contributed by atoms with Gasteiger partial charge in [-0.15, -0.1) is 0 Å². The van der Waals surface area contributed by atoms with E-state index in [-0.39, 0.29) is 11.9 Å². The highest BCUT2D eigenvalue weighted by Gasteiger charge is 2.15. The highest BCUT2D eigenvalue weighted by atomic mass is 19.1. The second-order valence-electron chi connectivity index (χ2n) is 4.97. The molecule has 0 bridgehead atoms. The van der Waals surface area contributed by atoms with E-state index in [1.54, 1.807) is 19.2 Å². The van der Waals surface area contributed by atoms with Gasteiger partial charge >= 0.3 is 0 Å². The average molecular weight is 282 g/mol. The minimum Gasteiger partial charge on any atom is -0.496 e. The van der Waals surface area contributed by atoms with Crippen LogP contribution in [0.15, 0.2) is 18.2 Å². The van der Waals surface area contributed by atoms with Crippen LogP contribution in [-0.2, 0) is 0 Å². The van der Waals surface area contributed by atoms with Crippen molar-refractivity contribution in [2.24, 2.45) is 0 Å². The minimum absolute atomic E-state index is 0.0634. The Balaban J connectivity index is 2.57. The highest BCUT2D eigenvalue weighted by Crippen LogP contribution is 2.27. The van der Waals surface area contributed by atoms with Gasteiger partial charge in [-0.3, -0.25) is 0 Å². The molecule has 20 heavy (non-hydrogen) atoms. The van der Waals surface area contributed by atoms with E-state index in [1.165, 1.54) is 6.07 Å². The Morgan fingerprint density at radius 2 is 2.05 bits per heavy atom. The van der Waals surface area contributed by atoms with E-state index in [0.717, 1.165) is 32.6 Å².